The molecule has 0 aliphatic heterocycles. The third kappa shape index (κ3) is 28.8. The molecule has 33 heavy (non-hydrogen) atoms. The van der Waals surface area contributed by atoms with Gasteiger partial charge >= 0.3 is 0 Å². The maximum atomic E-state index is 11.0. The first kappa shape index (κ1) is 34.0. The molecule has 6 nitrogen and oxygen atoms in total. The molecule has 6 heteroatoms. The number of carboxylic acids is 2. The Morgan fingerprint density at radius 1 is 0.667 bits per heavy atom. The molecule has 1 atom stereocenters. The molecule has 0 heterocycles. The van der Waals surface area contributed by atoms with Crippen LogP contribution in [0.15, 0.2) is 0 Å². The van der Waals surface area contributed by atoms with Crippen molar-refractivity contribution >= 4 is 11.9 Å². The molecule has 0 aliphatic carbocycles. The van der Waals surface area contributed by atoms with Crippen molar-refractivity contribution in [2.24, 2.45) is 0 Å². The molecule has 0 radical (unpaired) electrons. The zero-order valence-corrected chi connectivity index (χ0v) is 22.8. The lowest BCUT2D eigenvalue weighted by molar-refractivity contribution is -0.864. The lowest BCUT2D eigenvalue weighted by Crippen LogP contribution is -2.45. The van der Waals surface area contributed by atoms with Crippen molar-refractivity contribution in [3.8, 4) is 0 Å². The molecule has 0 saturated heterocycles. The van der Waals surface area contributed by atoms with Gasteiger partial charge in [0.1, 0.15) is 6.54 Å². The Bertz CT molecular complexity index is 462. The molecule has 0 amide bonds. The second kappa shape index (κ2) is 22.6. The van der Waals surface area contributed by atoms with Gasteiger partial charge in [0.2, 0.25) is 0 Å². The zero-order chi connectivity index (χ0) is 25.5. The molecule has 0 N–H and O–H groups in total. The molecule has 0 fully saturated rings. The van der Waals surface area contributed by atoms with E-state index < -0.39 is 18.0 Å². The minimum absolute atomic E-state index is 0.0694. The molecule has 0 aromatic rings. The van der Waals surface area contributed by atoms with Crippen molar-refractivity contribution in [3.63, 3.8) is 0 Å². The highest BCUT2D eigenvalue weighted by Gasteiger charge is 2.11. The number of carboxylic acid groups (broad SMARTS) is 2. The van der Waals surface area contributed by atoms with Crippen molar-refractivity contribution < 1.29 is 24.3 Å². The summed E-state index contributed by atoms with van der Waals surface area (Å²) < 4.78 is 0.419. The molecule has 0 saturated carbocycles. The van der Waals surface area contributed by atoms with Gasteiger partial charge in [-0.05, 0) is 20.5 Å². The topological polar surface area (TPSA) is 83.5 Å². The predicted molar refractivity (Wildman–Crippen MR) is 135 cm³/mol. The second-order valence-electron chi connectivity index (χ2n) is 10.7. The highest BCUT2D eigenvalue weighted by Crippen LogP contribution is 2.14. The normalized spacial score (nSPS) is 12.3. The van der Waals surface area contributed by atoms with Crippen LogP contribution >= 0.6 is 0 Å². The van der Waals surface area contributed by atoms with E-state index in [1.54, 1.807) is 26.0 Å². The zero-order valence-electron chi connectivity index (χ0n) is 22.8. The fourth-order valence-electron chi connectivity index (χ4n) is 3.86. The molecule has 198 valence electrons. The quantitative estimate of drug-likeness (QED) is 0.188. The van der Waals surface area contributed by atoms with E-state index in [0.29, 0.717) is 10.9 Å². The lowest BCUT2D eigenvalue weighted by Gasteiger charge is -2.24. The van der Waals surface area contributed by atoms with Crippen LogP contribution in [0.4, 0.5) is 0 Å². The standard InChI is InChI=1S/C22H45NO2.C5H11NO2/c1-4-5-6-7-8-9-10-11-12-13-14-15-16-17-18-19-20-21(22(24)25)23(2)3;1-6(2,3)4-5(7)8/h21H,4-20H2,1-3H3,(H,24,25);4H2,1-3H3/p-1. The van der Waals surface area contributed by atoms with E-state index >= 15 is 0 Å². The van der Waals surface area contributed by atoms with Crippen LogP contribution in [0.25, 0.3) is 0 Å². The average Bonchev–Trinajstić information content (AvgIpc) is 2.68. The van der Waals surface area contributed by atoms with Crippen molar-refractivity contribution in [2.45, 2.75) is 122 Å². The number of carbonyl (C=O) groups excluding carboxylic acids is 2. The summed E-state index contributed by atoms with van der Waals surface area (Å²) in [6.07, 6.45) is 22.3. The summed E-state index contributed by atoms with van der Waals surface area (Å²) in [6, 6.07) is -0.424. The van der Waals surface area contributed by atoms with Gasteiger partial charge in [-0.1, -0.05) is 110 Å². The molecule has 0 aromatic heterocycles. The van der Waals surface area contributed by atoms with E-state index in [9.17, 15) is 19.8 Å². The average molecular weight is 472 g/mol. The third-order valence-electron chi connectivity index (χ3n) is 5.83. The molecule has 0 bridgehead atoms. The van der Waals surface area contributed by atoms with Crippen molar-refractivity contribution in [3.05, 3.63) is 0 Å². The molecular formula is C27H55N2O4-. The SMILES string of the molecule is CCCCCCCCCCCCCCCCCCC(C(=O)[O-])N(C)C.C[N+](C)(C)CC(=O)[O-]. The fourth-order valence-corrected chi connectivity index (χ4v) is 3.86. The Hall–Kier alpha value is -1.14. The summed E-state index contributed by atoms with van der Waals surface area (Å²) in [5, 5.41) is 20.9. The highest BCUT2D eigenvalue weighted by atomic mass is 16.4. The number of rotatable bonds is 21. The van der Waals surface area contributed by atoms with Crippen LogP contribution < -0.4 is 10.2 Å². The Morgan fingerprint density at radius 2 is 1.00 bits per heavy atom. The van der Waals surface area contributed by atoms with Gasteiger partial charge in [-0.25, -0.2) is 0 Å². The molecule has 0 aliphatic rings. The number of likely N-dealkylation sites (N-methyl/N-ethyl adjacent to an activating group) is 2. The van der Waals surface area contributed by atoms with Crippen LogP contribution in [0.3, 0.4) is 0 Å². The smallest absolute Gasteiger partial charge is 0.118 e. The van der Waals surface area contributed by atoms with Crippen molar-refractivity contribution in [2.75, 3.05) is 41.8 Å². The summed E-state index contributed by atoms with van der Waals surface area (Å²) in [5.41, 5.74) is 0. The van der Waals surface area contributed by atoms with E-state index in [1.807, 2.05) is 14.1 Å². The summed E-state index contributed by atoms with van der Waals surface area (Å²) >= 11 is 0. The first-order valence-electron chi connectivity index (χ1n) is 13.4. The van der Waals surface area contributed by atoms with Crippen LogP contribution in [0.1, 0.15) is 116 Å². The van der Waals surface area contributed by atoms with E-state index in [0.717, 1.165) is 12.8 Å². The summed E-state index contributed by atoms with van der Waals surface area (Å²) in [5.74, 6) is -1.94. The van der Waals surface area contributed by atoms with Gasteiger partial charge in [-0.15, -0.1) is 0 Å². The minimum atomic E-state index is -1.00. The first-order valence-corrected chi connectivity index (χ1v) is 13.4. The van der Waals surface area contributed by atoms with Crippen molar-refractivity contribution in [1.82, 2.24) is 4.90 Å². The van der Waals surface area contributed by atoms with Crippen LogP contribution in [-0.2, 0) is 9.59 Å². The maximum Gasteiger partial charge on any atom is 0.118 e. The van der Waals surface area contributed by atoms with Gasteiger partial charge in [0.15, 0.2) is 0 Å². The summed E-state index contributed by atoms with van der Waals surface area (Å²) in [7, 11) is 9.03. The van der Waals surface area contributed by atoms with Crippen molar-refractivity contribution in [1.29, 1.82) is 0 Å². The maximum absolute atomic E-state index is 11.0. The number of hydrogen-bond donors (Lipinski definition) is 0. The number of nitrogens with zero attached hydrogens (tertiary/aromatic N) is 2. The number of hydrogen-bond acceptors (Lipinski definition) is 5. The van der Waals surface area contributed by atoms with E-state index in [4.69, 9.17) is 0 Å². The minimum Gasteiger partial charge on any atom is -0.548 e. The third-order valence-corrected chi connectivity index (χ3v) is 5.83. The fraction of sp³-hybridized carbons (Fsp3) is 0.926. The van der Waals surface area contributed by atoms with Crippen LogP contribution in [-0.4, -0.2) is 69.1 Å². The Kier molecular flexibility index (Phi) is 23.3. The Balaban J connectivity index is 0. The number of carbonyl (C=O) groups is 2. The van der Waals surface area contributed by atoms with Gasteiger partial charge < -0.3 is 29.2 Å². The lowest BCUT2D eigenvalue weighted by atomic mass is 10.0. The number of unbranched alkanes of at least 4 members (excludes halogenated alkanes) is 15. The number of aliphatic carboxylic acids is 2. The van der Waals surface area contributed by atoms with Gasteiger partial charge in [0.25, 0.3) is 0 Å². The Labute approximate surface area is 205 Å². The molecule has 0 aromatic carbocycles. The summed E-state index contributed by atoms with van der Waals surface area (Å²) in [4.78, 5) is 22.6. The van der Waals surface area contributed by atoms with Crippen LogP contribution in [0, 0.1) is 0 Å². The Morgan fingerprint density at radius 3 is 1.21 bits per heavy atom. The van der Waals surface area contributed by atoms with Gasteiger partial charge in [0, 0.05) is 6.04 Å². The van der Waals surface area contributed by atoms with E-state index in [2.05, 4.69) is 6.92 Å². The van der Waals surface area contributed by atoms with Crippen LogP contribution in [0.5, 0.6) is 0 Å². The molecule has 0 spiro atoms. The van der Waals surface area contributed by atoms with Gasteiger partial charge in [-0.2, -0.15) is 0 Å². The first-order chi connectivity index (χ1) is 15.5. The van der Waals surface area contributed by atoms with Crippen LogP contribution in [0.2, 0.25) is 0 Å². The predicted octanol–water partition coefficient (Wildman–Crippen LogP) is 3.76. The monoisotopic (exact) mass is 471 g/mol. The molecule has 0 rings (SSSR count). The molecular weight excluding hydrogens is 416 g/mol. The molecule has 1 unspecified atom stereocenters. The number of quaternary nitrogens is 1. The second-order valence-corrected chi connectivity index (χ2v) is 10.7. The highest BCUT2D eigenvalue weighted by molar-refractivity contribution is 5.71. The van der Waals surface area contributed by atoms with Gasteiger partial charge in [-0.3, -0.25) is 0 Å². The van der Waals surface area contributed by atoms with E-state index in [1.165, 1.54) is 89.9 Å². The largest absolute Gasteiger partial charge is 0.548 e. The van der Waals surface area contributed by atoms with E-state index in [-0.39, 0.29) is 6.54 Å². The van der Waals surface area contributed by atoms with Gasteiger partial charge in [0.05, 0.1) is 33.1 Å². The summed E-state index contributed by atoms with van der Waals surface area (Å²) in [6.45, 7) is 2.34.